The second-order valence-electron chi connectivity index (χ2n) is 4.12. The maximum absolute atomic E-state index is 6.15. The number of rotatable bonds is 4. The zero-order chi connectivity index (χ0) is 13.0. The van der Waals surface area contributed by atoms with Gasteiger partial charge in [0.2, 0.25) is 0 Å². The molecule has 1 aromatic carbocycles. The predicted octanol–water partition coefficient (Wildman–Crippen LogP) is 2.83. The highest BCUT2D eigenvalue weighted by molar-refractivity contribution is 6.31. The van der Waals surface area contributed by atoms with E-state index < -0.39 is 0 Å². The lowest BCUT2D eigenvalue weighted by Gasteiger charge is -2.22. The third-order valence-electron chi connectivity index (χ3n) is 2.83. The normalized spacial score (nSPS) is 10.4. The van der Waals surface area contributed by atoms with Gasteiger partial charge >= 0.3 is 0 Å². The molecule has 3 nitrogen and oxygen atoms in total. The predicted molar refractivity (Wildman–Crippen MR) is 75.7 cm³/mol. The second kappa shape index (κ2) is 5.85. The average Bonchev–Trinajstić information content (AvgIpc) is 2.39. The Kier molecular flexibility index (Phi) is 4.18. The van der Waals surface area contributed by atoms with Crippen LogP contribution in [0.5, 0.6) is 0 Å². The van der Waals surface area contributed by atoms with Crippen LogP contribution in [0.3, 0.4) is 0 Å². The zero-order valence-electron chi connectivity index (χ0n) is 10.3. The van der Waals surface area contributed by atoms with Crippen LogP contribution in [0.2, 0.25) is 5.02 Å². The Labute approximate surface area is 112 Å². The minimum atomic E-state index is 0.432. The number of nitrogens with zero attached hydrogens (tertiary/aromatic N) is 2. The third-order valence-corrected chi connectivity index (χ3v) is 3.19. The van der Waals surface area contributed by atoms with Crippen LogP contribution in [0.25, 0.3) is 0 Å². The summed E-state index contributed by atoms with van der Waals surface area (Å²) in [6.07, 6.45) is 1.80. The van der Waals surface area contributed by atoms with E-state index in [1.807, 2.05) is 43.4 Å². The van der Waals surface area contributed by atoms with Crippen molar-refractivity contribution in [3.63, 3.8) is 0 Å². The van der Waals surface area contributed by atoms with Crippen LogP contribution < -0.4 is 10.6 Å². The van der Waals surface area contributed by atoms with Gasteiger partial charge in [-0.3, -0.25) is 4.98 Å². The van der Waals surface area contributed by atoms with Crippen molar-refractivity contribution in [2.45, 2.75) is 13.1 Å². The fraction of sp³-hybridized carbons (Fsp3) is 0.214. The fourth-order valence-electron chi connectivity index (χ4n) is 1.93. The van der Waals surface area contributed by atoms with E-state index in [4.69, 9.17) is 17.3 Å². The summed E-state index contributed by atoms with van der Waals surface area (Å²) in [5.41, 5.74) is 8.79. The summed E-state index contributed by atoms with van der Waals surface area (Å²) in [5.74, 6) is 0. The van der Waals surface area contributed by atoms with Gasteiger partial charge in [0, 0.05) is 36.1 Å². The number of nitrogens with two attached hydrogens (primary N) is 1. The van der Waals surface area contributed by atoms with Crippen LogP contribution in [0, 0.1) is 0 Å². The number of benzene rings is 1. The summed E-state index contributed by atoms with van der Waals surface area (Å²) in [7, 11) is 2.01. The molecule has 0 atom stereocenters. The van der Waals surface area contributed by atoms with Gasteiger partial charge in [-0.2, -0.15) is 0 Å². The highest BCUT2D eigenvalue weighted by Gasteiger charge is 2.10. The first-order valence-electron chi connectivity index (χ1n) is 5.81. The van der Waals surface area contributed by atoms with E-state index >= 15 is 0 Å². The van der Waals surface area contributed by atoms with Gasteiger partial charge in [0.25, 0.3) is 0 Å². The lowest BCUT2D eigenvalue weighted by molar-refractivity contribution is 0.872. The summed E-state index contributed by atoms with van der Waals surface area (Å²) in [6.45, 7) is 1.16. The van der Waals surface area contributed by atoms with Gasteiger partial charge in [-0.25, -0.2) is 0 Å². The molecule has 2 aromatic rings. The quantitative estimate of drug-likeness (QED) is 0.920. The van der Waals surface area contributed by atoms with E-state index in [2.05, 4.69) is 9.88 Å². The van der Waals surface area contributed by atoms with Gasteiger partial charge < -0.3 is 10.6 Å². The minimum Gasteiger partial charge on any atom is -0.368 e. The Balaban J connectivity index is 2.24. The Morgan fingerprint density at radius 2 is 2.06 bits per heavy atom. The van der Waals surface area contributed by atoms with Gasteiger partial charge in [-0.1, -0.05) is 23.7 Å². The number of hydrogen-bond acceptors (Lipinski definition) is 3. The largest absolute Gasteiger partial charge is 0.368 e. The van der Waals surface area contributed by atoms with Crippen molar-refractivity contribution in [2.24, 2.45) is 5.73 Å². The van der Waals surface area contributed by atoms with Crippen molar-refractivity contribution in [1.29, 1.82) is 0 Å². The molecule has 0 aliphatic rings. The van der Waals surface area contributed by atoms with Crippen LogP contribution in [0.15, 0.2) is 42.6 Å². The van der Waals surface area contributed by atoms with Gasteiger partial charge in [-0.15, -0.1) is 0 Å². The van der Waals surface area contributed by atoms with E-state index in [0.717, 1.165) is 23.5 Å². The third kappa shape index (κ3) is 2.81. The summed E-state index contributed by atoms with van der Waals surface area (Å²) in [5, 5.41) is 0.711. The standard InChI is InChI=1S/C14H16ClN3/c1-18(10-11-5-2-3-8-17-11)14-7-4-6-13(15)12(14)9-16/h2-8H,9-10,16H2,1H3. The SMILES string of the molecule is CN(Cc1ccccn1)c1cccc(Cl)c1CN. The number of anilines is 1. The molecule has 0 fully saturated rings. The summed E-state index contributed by atoms with van der Waals surface area (Å²) >= 11 is 6.15. The zero-order valence-corrected chi connectivity index (χ0v) is 11.1. The van der Waals surface area contributed by atoms with Crippen molar-refractivity contribution in [3.05, 3.63) is 58.9 Å². The molecule has 0 radical (unpaired) electrons. The monoisotopic (exact) mass is 261 g/mol. The molecule has 0 saturated heterocycles. The van der Waals surface area contributed by atoms with E-state index in [1.54, 1.807) is 6.20 Å². The fourth-order valence-corrected chi connectivity index (χ4v) is 2.17. The van der Waals surface area contributed by atoms with Crippen LogP contribution in [-0.2, 0) is 13.1 Å². The van der Waals surface area contributed by atoms with Crippen molar-refractivity contribution in [2.75, 3.05) is 11.9 Å². The van der Waals surface area contributed by atoms with Gasteiger partial charge in [0.05, 0.1) is 12.2 Å². The van der Waals surface area contributed by atoms with E-state index in [9.17, 15) is 0 Å². The average molecular weight is 262 g/mol. The van der Waals surface area contributed by atoms with Gasteiger partial charge in [-0.05, 0) is 24.3 Å². The molecule has 0 amide bonds. The Bertz CT molecular complexity index is 514. The number of halogens is 1. The molecule has 18 heavy (non-hydrogen) atoms. The topological polar surface area (TPSA) is 42.2 Å². The lowest BCUT2D eigenvalue weighted by Crippen LogP contribution is -2.19. The van der Waals surface area contributed by atoms with Crippen LogP contribution in [0.4, 0.5) is 5.69 Å². The number of pyridine rings is 1. The van der Waals surface area contributed by atoms with Gasteiger partial charge in [0.15, 0.2) is 0 Å². The number of aromatic nitrogens is 1. The molecule has 0 aliphatic heterocycles. The van der Waals surface area contributed by atoms with Crippen LogP contribution in [-0.4, -0.2) is 12.0 Å². The molecule has 0 aliphatic carbocycles. The number of hydrogen-bond donors (Lipinski definition) is 1. The minimum absolute atomic E-state index is 0.432. The van der Waals surface area contributed by atoms with E-state index in [-0.39, 0.29) is 0 Å². The molecule has 94 valence electrons. The molecule has 2 N–H and O–H groups in total. The molecular weight excluding hydrogens is 246 g/mol. The van der Waals surface area contributed by atoms with Crippen LogP contribution in [0.1, 0.15) is 11.3 Å². The molecule has 4 heteroatoms. The van der Waals surface area contributed by atoms with E-state index in [1.165, 1.54) is 0 Å². The molecule has 0 unspecified atom stereocenters. The van der Waals surface area contributed by atoms with Crippen molar-refractivity contribution in [3.8, 4) is 0 Å². The molecule has 0 saturated carbocycles. The van der Waals surface area contributed by atoms with Crippen LogP contribution >= 0.6 is 11.6 Å². The van der Waals surface area contributed by atoms with E-state index in [0.29, 0.717) is 11.6 Å². The lowest BCUT2D eigenvalue weighted by atomic mass is 10.1. The Morgan fingerprint density at radius 1 is 1.22 bits per heavy atom. The smallest absolute Gasteiger partial charge is 0.0598 e. The summed E-state index contributed by atoms with van der Waals surface area (Å²) in [6, 6.07) is 11.7. The Morgan fingerprint density at radius 3 is 2.72 bits per heavy atom. The molecule has 1 heterocycles. The molecule has 1 aromatic heterocycles. The highest BCUT2D eigenvalue weighted by Crippen LogP contribution is 2.27. The molecule has 0 bridgehead atoms. The molecule has 2 rings (SSSR count). The Hall–Kier alpha value is -1.58. The highest BCUT2D eigenvalue weighted by atomic mass is 35.5. The van der Waals surface area contributed by atoms with Crippen molar-refractivity contribution >= 4 is 17.3 Å². The molecular formula is C14H16ClN3. The maximum Gasteiger partial charge on any atom is 0.0598 e. The molecule has 0 spiro atoms. The summed E-state index contributed by atoms with van der Waals surface area (Å²) < 4.78 is 0. The summed E-state index contributed by atoms with van der Waals surface area (Å²) in [4.78, 5) is 6.42. The first-order chi connectivity index (χ1) is 8.72. The van der Waals surface area contributed by atoms with Crippen molar-refractivity contribution in [1.82, 2.24) is 4.98 Å². The van der Waals surface area contributed by atoms with Gasteiger partial charge in [0.1, 0.15) is 0 Å². The first kappa shape index (κ1) is 12.9. The first-order valence-corrected chi connectivity index (χ1v) is 6.18. The maximum atomic E-state index is 6.15. The second-order valence-corrected chi connectivity index (χ2v) is 4.53. The van der Waals surface area contributed by atoms with Crippen molar-refractivity contribution < 1.29 is 0 Å².